The van der Waals surface area contributed by atoms with E-state index >= 15 is 0 Å². The zero-order chi connectivity index (χ0) is 16.6. The Morgan fingerprint density at radius 1 is 1.12 bits per heavy atom. The number of aromatic nitrogens is 3. The Balaban J connectivity index is 1.45. The molecule has 0 fully saturated rings. The molecule has 0 radical (unpaired) electrons. The summed E-state index contributed by atoms with van der Waals surface area (Å²) in [6, 6.07) is 12.8. The average molecular weight is 342 g/mol. The van der Waals surface area contributed by atoms with Crippen LogP contribution in [-0.2, 0) is 11.4 Å². The van der Waals surface area contributed by atoms with E-state index < -0.39 is 0 Å². The third-order valence-electron chi connectivity index (χ3n) is 2.84. The average Bonchev–Trinajstić information content (AvgIpc) is 3.08. The summed E-state index contributed by atoms with van der Waals surface area (Å²) in [5.74, 6) is 1.09. The Kier molecular flexibility index (Phi) is 5.41. The van der Waals surface area contributed by atoms with E-state index in [-0.39, 0.29) is 18.3 Å². The maximum absolute atomic E-state index is 11.8. The van der Waals surface area contributed by atoms with Gasteiger partial charge in [0.1, 0.15) is 5.75 Å². The molecule has 1 N–H and O–H groups in total. The molecule has 0 bridgehead atoms. The van der Waals surface area contributed by atoms with Crippen molar-refractivity contribution in [3.8, 4) is 5.75 Å². The van der Waals surface area contributed by atoms with Gasteiger partial charge < -0.3 is 14.5 Å². The fourth-order valence-electron chi connectivity index (χ4n) is 1.78. The molecule has 8 heteroatoms. The molecule has 3 rings (SSSR count). The number of para-hydroxylation sites is 1. The highest BCUT2D eigenvalue weighted by molar-refractivity contribution is 7.99. The van der Waals surface area contributed by atoms with E-state index in [1.807, 2.05) is 30.3 Å². The van der Waals surface area contributed by atoms with Gasteiger partial charge in [0, 0.05) is 18.1 Å². The summed E-state index contributed by atoms with van der Waals surface area (Å²) in [5.41, 5.74) is 0.693. The van der Waals surface area contributed by atoms with Gasteiger partial charge in [-0.1, -0.05) is 30.0 Å². The summed E-state index contributed by atoms with van der Waals surface area (Å²) >= 11 is 1.17. The Bertz CT molecular complexity index is 780. The summed E-state index contributed by atoms with van der Waals surface area (Å²) in [6.07, 6.45) is 3.22. The van der Waals surface area contributed by atoms with Crippen LogP contribution in [0.3, 0.4) is 0 Å². The van der Waals surface area contributed by atoms with Gasteiger partial charge in [-0.05, 0) is 24.3 Å². The topological polar surface area (TPSA) is 90.1 Å². The predicted octanol–water partition coefficient (Wildman–Crippen LogP) is 2.77. The number of hydrogen-bond acceptors (Lipinski definition) is 7. The van der Waals surface area contributed by atoms with E-state index in [2.05, 4.69) is 20.5 Å². The first-order valence-electron chi connectivity index (χ1n) is 7.12. The second-order valence-electron chi connectivity index (χ2n) is 4.64. The number of nitrogens with one attached hydrogen (secondary N) is 1. The number of pyridine rings is 1. The van der Waals surface area contributed by atoms with Crippen molar-refractivity contribution in [1.82, 2.24) is 15.2 Å². The molecule has 7 nitrogen and oxygen atoms in total. The highest BCUT2D eigenvalue weighted by atomic mass is 32.2. The van der Waals surface area contributed by atoms with Crippen LogP contribution in [0.25, 0.3) is 0 Å². The number of ether oxygens (including phenoxy) is 1. The first-order valence-corrected chi connectivity index (χ1v) is 8.11. The lowest BCUT2D eigenvalue weighted by molar-refractivity contribution is -0.113. The number of thioether (sulfide) groups is 1. The van der Waals surface area contributed by atoms with Crippen molar-refractivity contribution in [3.63, 3.8) is 0 Å². The molecule has 24 heavy (non-hydrogen) atoms. The van der Waals surface area contributed by atoms with E-state index in [1.165, 1.54) is 11.8 Å². The lowest BCUT2D eigenvalue weighted by Gasteiger charge is -2.02. The van der Waals surface area contributed by atoms with Gasteiger partial charge in [-0.15, -0.1) is 10.2 Å². The van der Waals surface area contributed by atoms with E-state index in [0.717, 1.165) is 5.75 Å². The highest BCUT2D eigenvalue weighted by Crippen LogP contribution is 2.18. The lowest BCUT2D eigenvalue weighted by Crippen LogP contribution is -2.13. The van der Waals surface area contributed by atoms with Crippen LogP contribution in [-0.4, -0.2) is 26.8 Å². The quantitative estimate of drug-likeness (QED) is 0.660. The Morgan fingerprint density at radius 3 is 2.71 bits per heavy atom. The zero-order valence-corrected chi connectivity index (χ0v) is 13.4. The summed E-state index contributed by atoms with van der Waals surface area (Å²) < 4.78 is 11.0. The van der Waals surface area contributed by atoms with E-state index in [9.17, 15) is 4.79 Å². The largest absolute Gasteiger partial charge is 0.484 e. The minimum absolute atomic E-state index is 0.161. The highest BCUT2D eigenvalue weighted by Gasteiger charge is 2.10. The smallest absolute Gasteiger partial charge is 0.277 e. The van der Waals surface area contributed by atoms with Gasteiger partial charge in [0.15, 0.2) is 6.61 Å². The van der Waals surface area contributed by atoms with Crippen molar-refractivity contribution in [2.24, 2.45) is 0 Å². The van der Waals surface area contributed by atoms with Crippen LogP contribution in [0.5, 0.6) is 5.75 Å². The number of nitrogens with zero attached hydrogens (tertiary/aromatic N) is 3. The second kappa shape index (κ2) is 8.11. The Hall–Kier alpha value is -2.87. The van der Waals surface area contributed by atoms with Crippen molar-refractivity contribution in [2.45, 2.75) is 11.8 Å². The first kappa shape index (κ1) is 16.0. The molecular weight excluding hydrogens is 328 g/mol. The molecule has 3 aromatic rings. The monoisotopic (exact) mass is 342 g/mol. The van der Waals surface area contributed by atoms with Crippen LogP contribution in [0, 0.1) is 0 Å². The molecular formula is C16H14N4O3S. The van der Waals surface area contributed by atoms with E-state index in [1.54, 1.807) is 24.5 Å². The molecule has 0 saturated heterocycles. The lowest BCUT2D eigenvalue weighted by atomic mass is 10.3. The van der Waals surface area contributed by atoms with Gasteiger partial charge in [-0.3, -0.25) is 9.78 Å². The van der Waals surface area contributed by atoms with Crippen molar-refractivity contribution in [3.05, 3.63) is 60.7 Å². The van der Waals surface area contributed by atoms with E-state index in [4.69, 9.17) is 9.15 Å². The van der Waals surface area contributed by atoms with Gasteiger partial charge in [0.2, 0.25) is 5.91 Å². The van der Waals surface area contributed by atoms with Gasteiger partial charge in [0.25, 0.3) is 11.1 Å². The number of hydrogen-bond donors (Lipinski definition) is 1. The molecule has 1 aromatic carbocycles. The molecule has 1 amide bonds. The fraction of sp³-hybridized carbons (Fsp3) is 0.125. The summed E-state index contributed by atoms with van der Waals surface area (Å²) in [5, 5.41) is 10.9. The number of benzene rings is 1. The maximum Gasteiger partial charge on any atom is 0.277 e. The summed E-state index contributed by atoms with van der Waals surface area (Å²) in [6.45, 7) is 0.181. The standard InChI is InChI=1S/C16H14N4O3S/c21-14(18-12-6-8-17-9-7-12)11-24-16-20-19-15(23-16)10-22-13-4-2-1-3-5-13/h1-9H,10-11H2,(H,17,18,21). The van der Waals surface area contributed by atoms with Gasteiger partial charge in [-0.25, -0.2) is 0 Å². The van der Waals surface area contributed by atoms with Gasteiger partial charge in [-0.2, -0.15) is 0 Å². The van der Waals surface area contributed by atoms with Crippen LogP contribution >= 0.6 is 11.8 Å². The molecule has 0 saturated carbocycles. The molecule has 0 aliphatic carbocycles. The third-order valence-corrected chi connectivity index (χ3v) is 3.66. The number of carbonyl (C=O) groups is 1. The van der Waals surface area contributed by atoms with Crippen LogP contribution < -0.4 is 10.1 Å². The normalized spacial score (nSPS) is 10.3. The van der Waals surface area contributed by atoms with Crippen LogP contribution in [0.2, 0.25) is 0 Å². The number of anilines is 1. The molecule has 2 heterocycles. The molecule has 122 valence electrons. The molecule has 0 spiro atoms. The van der Waals surface area contributed by atoms with Gasteiger partial charge >= 0.3 is 0 Å². The van der Waals surface area contributed by atoms with Gasteiger partial charge in [0.05, 0.1) is 5.75 Å². The van der Waals surface area contributed by atoms with Crippen LogP contribution in [0.1, 0.15) is 5.89 Å². The van der Waals surface area contributed by atoms with Crippen LogP contribution in [0.15, 0.2) is 64.5 Å². The van der Waals surface area contributed by atoms with Crippen molar-refractivity contribution < 1.29 is 13.9 Å². The third kappa shape index (κ3) is 4.82. The van der Waals surface area contributed by atoms with Crippen LogP contribution in [0.4, 0.5) is 5.69 Å². The minimum atomic E-state index is -0.161. The molecule has 0 unspecified atom stereocenters. The molecule has 2 aromatic heterocycles. The minimum Gasteiger partial charge on any atom is -0.484 e. The molecule has 0 aliphatic heterocycles. The summed E-state index contributed by atoms with van der Waals surface area (Å²) in [7, 11) is 0. The first-order chi connectivity index (χ1) is 11.8. The number of amides is 1. The van der Waals surface area contributed by atoms with Crippen molar-refractivity contribution in [2.75, 3.05) is 11.1 Å². The fourth-order valence-corrected chi connectivity index (χ4v) is 2.36. The molecule has 0 atom stereocenters. The Labute approximate surface area is 142 Å². The summed E-state index contributed by atoms with van der Waals surface area (Å²) in [4.78, 5) is 15.7. The predicted molar refractivity (Wildman–Crippen MR) is 88.7 cm³/mol. The maximum atomic E-state index is 11.8. The second-order valence-corrected chi connectivity index (χ2v) is 5.56. The Morgan fingerprint density at radius 2 is 1.92 bits per heavy atom. The van der Waals surface area contributed by atoms with Crippen molar-refractivity contribution >= 4 is 23.4 Å². The molecule has 0 aliphatic rings. The van der Waals surface area contributed by atoms with E-state index in [0.29, 0.717) is 16.8 Å². The SMILES string of the molecule is O=C(CSc1nnc(COc2ccccc2)o1)Nc1ccncc1. The number of rotatable bonds is 7. The number of carbonyl (C=O) groups excluding carboxylic acids is 1. The zero-order valence-electron chi connectivity index (χ0n) is 12.6. The van der Waals surface area contributed by atoms with Crippen molar-refractivity contribution in [1.29, 1.82) is 0 Å².